The molecule has 0 atom stereocenters. The quantitative estimate of drug-likeness (QED) is 0.471. The predicted octanol–water partition coefficient (Wildman–Crippen LogP) is 0.276. The summed E-state index contributed by atoms with van der Waals surface area (Å²) < 4.78 is 0. The molecule has 6 heteroatoms. The number of nitrogens with one attached hydrogen (secondary N) is 4. The second-order valence-corrected chi connectivity index (χ2v) is 4.17. The lowest BCUT2D eigenvalue weighted by Gasteiger charge is -2.10. The van der Waals surface area contributed by atoms with Crippen molar-refractivity contribution in [1.29, 1.82) is 0 Å². The molecule has 110 valence electrons. The van der Waals surface area contributed by atoms with E-state index in [1.807, 2.05) is 14.1 Å². The molecule has 1 aromatic carbocycles. The van der Waals surface area contributed by atoms with Crippen LogP contribution in [0.3, 0.4) is 0 Å². The van der Waals surface area contributed by atoms with Crippen molar-refractivity contribution in [3.63, 3.8) is 0 Å². The lowest BCUT2D eigenvalue weighted by molar-refractivity contribution is 0.852. The average Bonchev–Trinajstić information content (AvgIpc) is 2.50. The fourth-order valence-corrected chi connectivity index (χ4v) is 1.71. The van der Waals surface area contributed by atoms with E-state index in [4.69, 9.17) is 0 Å². The minimum absolute atomic E-state index is 0.749. The molecule has 1 aromatic rings. The van der Waals surface area contributed by atoms with E-state index in [0.29, 0.717) is 0 Å². The molecule has 0 aromatic heterocycles. The standard InChI is InChI=1S/C14H24N6/c1-15-13(16-2)19-9-11-5-7-12(8-6-11)10-20-14(17-3)18-4/h5-8H,9-10H2,1-4H3,(H2,15,16,19)(H2,17,18,20). The summed E-state index contributed by atoms with van der Waals surface area (Å²) in [4.78, 5) is 8.14. The van der Waals surface area contributed by atoms with Gasteiger partial charge < -0.3 is 21.3 Å². The molecular weight excluding hydrogens is 252 g/mol. The Balaban J connectivity index is 2.48. The highest BCUT2D eigenvalue weighted by Crippen LogP contribution is 2.04. The van der Waals surface area contributed by atoms with Gasteiger partial charge in [0, 0.05) is 41.3 Å². The Morgan fingerprint density at radius 3 is 1.40 bits per heavy atom. The topological polar surface area (TPSA) is 72.8 Å². The second kappa shape index (κ2) is 8.79. The highest BCUT2D eigenvalue weighted by atomic mass is 15.2. The van der Waals surface area contributed by atoms with Crippen molar-refractivity contribution < 1.29 is 0 Å². The van der Waals surface area contributed by atoms with Crippen LogP contribution in [0.5, 0.6) is 0 Å². The van der Waals surface area contributed by atoms with E-state index < -0.39 is 0 Å². The molecule has 20 heavy (non-hydrogen) atoms. The van der Waals surface area contributed by atoms with Crippen LogP contribution >= 0.6 is 0 Å². The van der Waals surface area contributed by atoms with Crippen LogP contribution in [0.1, 0.15) is 11.1 Å². The third-order valence-electron chi connectivity index (χ3n) is 2.86. The Labute approximate surface area is 120 Å². The molecule has 0 fully saturated rings. The second-order valence-electron chi connectivity index (χ2n) is 4.17. The molecule has 0 saturated heterocycles. The minimum Gasteiger partial charge on any atom is -0.359 e. The van der Waals surface area contributed by atoms with E-state index in [9.17, 15) is 0 Å². The molecule has 0 saturated carbocycles. The Morgan fingerprint density at radius 1 is 0.800 bits per heavy atom. The SMILES string of the molecule is CN=C(NC)NCc1ccc(CNC(=NC)NC)cc1. The van der Waals surface area contributed by atoms with Gasteiger partial charge in [0.15, 0.2) is 11.9 Å². The molecule has 0 amide bonds. The summed E-state index contributed by atoms with van der Waals surface area (Å²) in [5.74, 6) is 1.57. The first-order valence-corrected chi connectivity index (χ1v) is 6.58. The zero-order valence-corrected chi connectivity index (χ0v) is 12.6. The molecule has 0 radical (unpaired) electrons. The molecule has 4 N–H and O–H groups in total. The van der Waals surface area contributed by atoms with Gasteiger partial charge >= 0.3 is 0 Å². The molecule has 0 aliphatic rings. The molecule has 0 aliphatic heterocycles. The molecule has 0 unspecified atom stereocenters. The number of hydrogen-bond acceptors (Lipinski definition) is 2. The lowest BCUT2D eigenvalue weighted by atomic mass is 10.1. The van der Waals surface area contributed by atoms with Gasteiger partial charge in [-0.1, -0.05) is 24.3 Å². The van der Waals surface area contributed by atoms with E-state index in [-0.39, 0.29) is 0 Å². The van der Waals surface area contributed by atoms with Crippen molar-refractivity contribution in [3.8, 4) is 0 Å². The molecule has 0 spiro atoms. The van der Waals surface area contributed by atoms with Gasteiger partial charge in [-0.2, -0.15) is 0 Å². The summed E-state index contributed by atoms with van der Waals surface area (Å²) in [5, 5.41) is 12.4. The van der Waals surface area contributed by atoms with Gasteiger partial charge in [-0.05, 0) is 11.1 Å². The summed E-state index contributed by atoms with van der Waals surface area (Å²) in [6.45, 7) is 1.50. The van der Waals surface area contributed by atoms with E-state index in [2.05, 4.69) is 55.5 Å². The highest BCUT2D eigenvalue weighted by molar-refractivity contribution is 5.79. The van der Waals surface area contributed by atoms with Crippen LogP contribution in [0.4, 0.5) is 0 Å². The third-order valence-corrected chi connectivity index (χ3v) is 2.86. The van der Waals surface area contributed by atoms with E-state index in [1.54, 1.807) is 14.1 Å². The van der Waals surface area contributed by atoms with Gasteiger partial charge in [0.2, 0.25) is 0 Å². The number of aliphatic imine (C=N–C) groups is 2. The summed E-state index contributed by atoms with van der Waals surface area (Å²) >= 11 is 0. The van der Waals surface area contributed by atoms with Crippen LogP contribution in [0.25, 0.3) is 0 Å². The zero-order chi connectivity index (χ0) is 14.8. The highest BCUT2D eigenvalue weighted by Gasteiger charge is 1.98. The van der Waals surface area contributed by atoms with Crippen LogP contribution in [0.15, 0.2) is 34.3 Å². The van der Waals surface area contributed by atoms with Gasteiger partial charge in [0.05, 0.1) is 0 Å². The van der Waals surface area contributed by atoms with Crippen LogP contribution in [-0.4, -0.2) is 40.1 Å². The fourth-order valence-electron chi connectivity index (χ4n) is 1.71. The largest absolute Gasteiger partial charge is 0.359 e. The molecule has 6 nitrogen and oxygen atoms in total. The van der Waals surface area contributed by atoms with Crippen molar-refractivity contribution >= 4 is 11.9 Å². The Morgan fingerprint density at radius 2 is 1.15 bits per heavy atom. The van der Waals surface area contributed by atoms with Gasteiger partial charge in [-0.25, -0.2) is 0 Å². The normalized spacial score (nSPS) is 12.0. The molecule has 0 heterocycles. The Kier molecular flexibility index (Phi) is 6.95. The number of hydrogen-bond donors (Lipinski definition) is 4. The zero-order valence-electron chi connectivity index (χ0n) is 12.6. The number of rotatable bonds is 4. The van der Waals surface area contributed by atoms with Gasteiger partial charge in [-0.15, -0.1) is 0 Å². The number of nitrogens with zero attached hydrogens (tertiary/aromatic N) is 2. The summed E-state index contributed by atoms with van der Waals surface area (Å²) in [7, 11) is 7.20. The fraction of sp³-hybridized carbons (Fsp3) is 0.429. The van der Waals surface area contributed by atoms with Crippen LogP contribution in [0.2, 0.25) is 0 Å². The number of guanidine groups is 2. The first-order valence-electron chi connectivity index (χ1n) is 6.58. The monoisotopic (exact) mass is 276 g/mol. The third kappa shape index (κ3) is 5.17. The van der Waals surface area contributed by atoms with Crippen LogP contribution < -0.4 is 21.3 Å². The van der Waals surface area contributed by atoms with Gasteiger partial charge in [0.1, 0.15) is 0 Å². The van der Waals surface area contributed by atoms with E-state index in [1.165, 1.54) is 11.1 Å². The smallest absolute Gasteiger partial charge is 0.190 e. The molecule has 0 aliphatic carbocycles. The van der Waals surface area contributed by atoms with Crippen molar-refractivity contribution in [3.05, 3.63) is 35.4 Å². The lowest BCUT2D eigenvalue weighted by Crippen LogP contribution is -2.34. The average molecular weight is 276 g/mol. The maximum atomic E-state index is 4.07. The van der Waals surface area contributed by atoms with Crippen molar-refractivity contribution in [1.82, 2.24) is 21.3 Å². The maximum Gasteiger partial charge on any atom is 0.190 e. The molecule has 0 bridgehead atoms. The van der Waals surface area contributed by atoms with E-state index >= 15 is 0 Å². The van der Waals surface area contributed by atoms with Crippen molar-refractivity contribution in [2.45, 2.75) is 13.1 Å². The van der Waals surface area contributed by atoms with Crippen LogP contribution in [0, 0.1) is 0 Å². The van der Waals surface area contributed by atoms with Crippen molar-refractivity contribution in [2.24, 2.45) is 9.98 Å². The first-order chi connectivity index (χ1) is 9.73. The summed E-state index contributed by atoms with van der Waals surface area (Å²) in [5.41, 5.74) is 2.42. The Hall–Kier alpha value is -2.24. The maximum absolute atomic E-state index is 4.07. The van der Waals surface area contributed by atoms with Gasteiger partial charge in [-0.3, -0.25) is 9.98 Å². The van der Waals surface area contributed by atoms with E-state index in [0.717, 1.165) is 25.0 Å². The first kappa shape index (κ1) is 15.8. The van der Waals surface area contributed by atoms with Crippen LogP contribution in [-0.2, 0) is 13.1 Å². The van der Waals surface area contributed by atoms with Crippen molar-refractivity contribution in [2.75, 3.05) is 28.2 Å². The summed E-state index contributed by atoms with van der Waals surface area (Å²) in [6.07, 6.45) is 0. The number of benzene rings is 1. The predicted molar refractivity (Wildman–Crippen MR) is 85.0 cm³/mol. The molecular formula is C14H24N6. The molecule has 1 rings (SSSR count). The summed E-state index contributed by atoms with van der Waals surface area (Å²) in [6, 6.07) is 8.42. The van der Waals surface area contributed by atoms with Gasteiger partial charge in [0.25, 0.3) is 0 Å². The minimum atomic E-state index is 0.749. The Bertz CT molecular complexity index is 406.